The number of ether oxygens (including phenoxy) is 3. The minimum Gasteiger partial charge on any atom is -0.497 e. The highest BCUT2D eigenvalue weighted by Gasteiger charge is 2.29. The monoisotopic (exact) mass is 753 g/mol. The van der Waals surface area contributed by atoms with Gasteiger partial charge in [0.1, 0.15) is 11.4 Å². The molecule has 2 aliphatic heterocycles. The molecule has 2 saturated heterocycles. The molecule has 4 heterocycles. The molecule has 4 aromatic rings. The number of likely N-dealkylation sites (tertiary alicyclic amines) is 1. The molecule has 0 unspecified atom stereocenters. The highest BCUT2D eigenvalue weighted by molar-refractivity contribution is 5.99. The third kappa shape index (κ3) is 10.6. The van der Waals surface area contributed by atoms with Crippen LogP contribution in [0.2, 0.25) is 0 Å². The van der Waals surface area contributed by atoms with E-state index in [0.717, 1.165) is 58.5 Å². The lowest BCUT2D eigenvalue weighted by Crippen LogP contribution is -2.50. The van der Waals surface area contributed by atoms with Crippen molar-refractivity contribution in [2.75, 3.05) is 70.5 Å². The van der Waals surface area contributed by atoms with E-state index < -0.39 is 23.6 Å². The molecule has 292 valence electrons. The highest BCUT2D eigenvalue weighted by Crippen LogP contribution is 2.27. The van der Waals surface area contributed by atoms with E-state index in [1.165, 1.54) is 13.3 Å². The van der Waals surface area contributed by atoms with Crippen LogP contribution in [0.15, 0.2) is 73.2 Å². The number of esters is 1. The largest absolute Gasteiger partial charge is 0.497 e. The van der Waals surface area contributed by atoms with Crippen LogP contribution in [0.4, 0.5) is 16.3 Å². The van der Waals surface area contributed by atoms with Crippen molar-refractivity contribution >= 4 is 29.5 Å². The van der Waals surface area contributed by atoms with Crippen LogP contribution >= 0.6 is 0 Å². The Bertz CT molecular complexity index is 1920. The second-order valence-electron chi connectivity index (χ2n) is 14.9. The number of nitrogens with one attached hydrogen (secondary N) is 1. The van der Waals surface area contributed by atoms with Gasteiger partial charge in [0.05, 0.1) is 31.2 Å². The van der Waals surface area contributed by atoms with E-state index in [4.69, 9.17) is 19.9 Å². The first kappa shape index (κ1) is 39.2. The summed E-state index contributed by atoms with van der Waals surface area (Å²) in [6.45, 7) is 12.8. The van der Waals surface area contributed by atoms with Gasteiger partial charge in [-0.25, -0.2) is 19.6 Å². The van der Waals surface area contributed by atoms with Crippen molar-refractivity contribution in [3.8, 4) is 17.0 Å². The first-order valence-electron chi connectivity index (χ1n) is 18.8. The van der Waals surface area contributed by atoms with E-state index in [9.17, 15) is 14.4 Å². The normalized spacial score (nSPS) is 16.3. The average Bonchev–Trinajstić information content (AvgIpc) is 3.68. The number of anilines is 2. The van der Waals surface area contributed by atoms with Crippen LogP contribution in [0.25, 0.3) is 11.3 Å². The number of hydrogen-bond donors (Lipinski definition) is 2. The number of nitrogens with zero attached hydrogens (tertiary/aromatic N) is 7. The van der Waals surface area contributed by atoms with Crippen molar-refractivity contribution in [1.82, 2.24) is 34.4 Å². The number of aromatic nitrogens is 4. The summed E-state index contributed by atoms with van der Waals surface area (Å²) in [6, 6.07) is 15.8. The molecular weight excluding hydrogens is 702 g/mol. The van der Waals surface area contributed by atoms with E-state index in [1.807, 2.05) is 31.6 Å². The molecule has 0 bridgehead atoms. The Morgan fingerprint density at radius 3 is 2.33 bits per heavy atom. The van der Waals surface area contributed by atoms with Crippen LogP contribution in [0.5, 0.6) is 5.75 Å². The number of piperazine rings is 1. The summed E-state index contributed by atoms with van der Waals surface area (Å²) in [7, 11) is 1.54. The van der Waals surface area contributed by atoms with E-state index in [2.05, 4.69) is 30.2 Å². The van der Waals surface area contributed by atoms with Gasteiger partial charge >= 0.3 is 12.1 Å². The fourth-order valence-electron chi connectivity index (χ4n) is 6.74. The zero-order chi connectivity index (χ0) is 39.0. The molecule has 6 rings (SSSR count). The number of carbonyl (C=O) groups is 3. The third-order valence-corrected chi connectivity index (χ3v) is 9.70. The second kappa shape index (κ2) is 17.7. The number of amides is 2. The summed E-state index contributed by atoms with van der Waals surface area (Å²) in [4.78, 5) is 54.9. The van der Waals surface area contributed by atoms with Crippen molar-refractivity contribution in [3.05, 3.63) is 84.4 Å². The van der Waals surface area contributed by atoms with Crippen LogP contribution in [-0.2, 0) is 14.3 Å². The van der Waals surface area contributed by atoms with E-state index in [1.54, 1.807) is 65.7 Å². The molecule has 15 nitrogen and oxygen atoms in total. The molecule has 2 aromatic carbocycles. The second-order valence-corrected chi connectivity index (χ2v) is 14.9. The van der Waals surface area contributed by atoms with Gasteiger partial charge in [0.2, 0.25) is 6.10 Å². The van der Waals surface area contributed by atoms with Gasteiger partial charge in [-0.1, -0.05) is 36.4 Å². The summed E-state index contributed by atoms with van der Waals surface area (Å²) in [5.74, 6) is -0.991. The van der Waals surface area contributed by atoms with Gasteiger partial charge in [-0.15, -0.1) is 0 Å². The van der Waals surface area contributed by atoms with Crippen molar-refractivity contribution in [2.45, 2.75) is 57.8 Å². The topological polar surface area (TPSA) is 170 Å². The molecule has 0 saturated carbocycles. The fourth-order valence-corrected chi connectivity index (χ4v) is 6.74. The van der Waals surface area contributed by atoms with Crippen molar-refractivity contribution < 1.29 is 28.6 Å². The zero-order valence-electron chi connectivity index (χ0n) is 32.0. The van der Waals surface area contributed by atoms with E-state index in [0.29, 0.717) is 41.3 Å². The number of benzene rings is 2. The van der Waals surface area contributed by atoms with E-state index in [-0.39, 0.29) is 23.6 Å². The Kier molecular flexibility index (Phi) is 12.6. The number of nitrogens with two attached hydrogens (primary N) is 1. The maximum atomic E-state index is 13.6. The molecule has 2 aromatic heterocycles. The number of hydrogen-bond acceptors (Lipinski definition) is 12. The lowest BCUT2D eigenvalue weighted by Gasteiger charge is -2.36. The van der Waals surface area contributed by atoms with Crippen molar-refractivity contribution in [2.24, 2.45) is 0 Å². The molecule has 0 radical (unpaired) electrons. The predicted octanol–water partition coefficient (Wildman–Crippen LogP) is 5.05. The minimum absolute atomic E-state index is 0.114. The maximum absolute atomic E-state index is 13.6. The number of piperidine rings is 1. The quantitative estimate of drug-likeness (QED) is 0.185. The van der Waals surface area contributed by atoms with E-state index >= 15 is 0 Å². The van der Waals surface area contributed by atoms with Gasteiger partial charge in [0.25, 0.3) is 5.91 Å². The summed E-state index contributed by atoms with van der Waals surface area (Å²) in [6.07, 6.45) is 6.59. The molecular formula is C40H51N9O6. The molecule has 2 aliphatic rings. The summed E-state index contributed by atoms with van der Waals surface area (Å²) < 4.78 is 18.5. The third-order valence-electron chi connectivity index (χ3n) is 9.70. The van der Waals surface area contributed by atoms with Crippen LogP contribution in [0.3, 0.4) is 0 Å². The average molecular weight is 754 g/mol. The minimum atomic E-state index is -1.29. The van der Waals surface area contributed by atoms with Gasteiger partial charge < -0.3 is 35.1 Å². The molecule has 0 aliphatic carbocycles. The lowest BCUT2D eigenvalue weighted by molar-refractivity contribution is -0.125. The summed E-state index contributed by atoms with van der Waals surface area (Å²) in [5.41, 5.74) is 7.50. The SMILES string of the molecule is COc1cccc(NC(=O)[C@H](OC(=O)c2nc(-c3cnn(C4CCN(CCCN5CCN(C(=O)OC(C)(C)C)CC5)CC4)c3)cnc2N)c2ccccc2)c1. The van der Waals surface area contributed by atoms with Crippen LogP contribution in [0.1, 0.15) is 68.2 Å². The Morgan fingerprint density at radius 1 is 0.927 bits per heavy atom. The Labute approximate surface area is 321 Å². The number of methoxy groups -OCH3 is 1. The standard InChI is InChI=1S/C40H51N9O6/c1-40(2,3)55-39(52)48-22-20-47(21-23-48)17-9-16-46-18-14-31(15-19-46)49-27-29(25-43-49)33-26-42-36(41)34(45-33)38(51)54-35(28-10-6-5-7-11-28)37(50)44-30-12-8-13-32(24-30)53-4/h5-8,10-13,24-27,31,35H,9,14-23H2,1-4H3,(H2,41,42)(H,44,50)/t35-/m1/s1. The first-order valence-corrected chi connectivity index (χ1v) is 18.8. The van der Waals surface area contributed by atoms with Crippen LogP contribution in [-0.4, -0.2) is 117 Å². The maximum Gasteiger partial charge on any atom is 0.410 e. The fraction of sp³-hybridized carbons (Fsp3) is 0.450. The molecule has 2 amide bonds. The summed E-state index contributed by atoms with van der Waals surface area (Å²) >= 11 is 0. The zero-order valence-corrected chi connectivity index (χ0v) is 32.0. The molecule has 2 fully saturated rings. The first-order chi connectivity index (χ1) is 26.5. The number of nitrogen functional groups attached to an aromatic ring is 1. The van der Waals surface area contributed by atoms with Crippen molar-refractivity contribution in [1.29, 1.82) is 0 Å². The van der Waals surface area contributed by atoms with Crippen LogP contribution < -0.4 is 15.8 Å². The smallest absolute Gasteiger partial charge is 0.410 e. The molecule has 55 heavy (non-hydrogen) atoms. The Balaban J connectivity index is 1.01. The van der Waals surface area contributed by atoms with Gasteiger partial charge in [0, 0.05) is 68.3 Å². The lowest BCUT2D eigenvalue weighted by atomic mass is 10.1. The molecule has 15 heteroatoms. The Hall–Kier alpha value is -5.54. The van der Waals surface area contributed by atoms with Gasteiger partial charge in [-0.3, -0.25) is 14.4 Å². The molecule has 3 N–H and O–H groups in total. The van der Waals surface area contributed by atoms with Crippen LogP contribution in [0, 0.1) is 0 Å². The van der Waals surface area contributed by atoms with Gasteiger partial charge in [-0.05, 0) is 65.3 Å². The van der Waals surface area contributed by atoms with Gasteiger partial charge in [-0.2, -0.15) is 5.10 Å². The summed E-state index contributed by atoms with van der Waals surface area (Å²) in [5, 5.41) is 7.44. The number of rotatable bonds is 12. The van der Waals surface area contributed by atoms with Crippen molar-refractivity contribution in [3.63, 3.8) is 0 Å². The number of carbonyl (C=O) groups excluding carboxylic acids is 3. The Morgan fingerprint density at radius 2 is 1.64 bits per heavy atom. The molecule has 0 spiro atoms. The van der Waals surface area contributed by atoms with Gasteiger partial charge in [0.15, 0.2) is 11.5 Å². The predicted molar refractivity (Wildman–Crippen MR) is 207 cm³/mol. The molecule has 1 atom stereocenters. The highest BCUT2D eigenvalue weighted by atomic mass is 16.6.